The molecule has 1 aliphatic heterocycles. The molecule has 1 heterocycles. The molecular formula is C15H22N2O3. The first-order valence-electron chi connectivity index (χ1n) is 6.99. The van der Waals surface area contributed by atoms with Crippen LogP contribution in [0.5, 0.6) is 5.75 Å². The van der Waals surface area contributed by atoms with Gasteiger partial charge in [-0.05, 0) is 12.0 Å². The van der Waals surface area contributed by atoms with Crippen molar-refractivity contribution in [1.82, 2.24) is 4.90 Å². The maximum Gasteiger partial charge on any atom is 0.322 e. The SMILES string of the molecule is CC(C)CN1CCOc2c(cccc2NCC(=O)O)C1. The van der Waals surface area contributed by atoms with Crippen LogP contribution in [0.1, 0.15) is 19.4 Å². The zero-order valence-corrected chi connectivity index (χ0v) is 12.1. The van der Waals surface area contributed by atoms with Crippen LogP contribution in [0.3, 0.4) is 0 Å². The quantitative estimate of drug-likeness (QED) is 0.863. The van der Waals surface area contributed by atoms with Crippen LogP contribution < -0.4 is 10.1 Å². The number of hydrogen-bond donors (Lipinski definition) is 2. The maximum atomic E-state index is 10.7. The highest BCUT2D eigenvalue weighted by Crippen LogP contribution is 2.31. The number of carboxylic acid groups (broad SMARTS) is 1. The summed E-state index contributed by atoms with van der Waals surface area (Å²) < 4.78 is 5.83. The lowest BCUT2D eigenvalue weighted by molar-refractivity contribution is -0.134. The van der Waals surface area contributed by atoms with Crippen LogP contribution in [-0.4, -0.2) is 42.2 Å². The van der Waals surface area contributed by atoms with Gasteiger partial charge in [-0.2, -0.15) is 0 Å². The van der Waals surface area contributed by atoms with Crippen molar-refractivity contribution in [2.24, 2.45) is 5.92 Å². The summed E-state index contributed by atoms with van der Waals surface area (Å²) in [6, 6.07) is 5.84. The molecular weight excluding hydrogens is 256 g/mol. The van der Waals surface area contributed by atoms with E-state index in [-0.39, 0.29) is 6.54 Å². The third kappa shape index (κ3) is 3.87. The number of hydrogen-bond acceptors (Lipinski definition) is 4. The fourth-order valence-corrected chi connectivity index (χ4v) is 2.46. The molecule has 0 amide bonds. The highest BCUT2D eigenvalue weighted by atomic mass is 16.5. The molecule has 1 aromatic rings. The minimum Gasteiger partial charge on any atom is -0.490 e. The summed E-state index contributed by atoms with van der Waals surface area (Å²) in [5.74, 6) is 0.530. The Kier molecular flexibility index (Phi) is 4.84. The van der Waals surface area contributed by atoms with E-state index in [1.165, 1.54) is 0 Å². The van der Waals surface area contributed by atoms with E-state index in [4.69, 9.17) is 9.84 Å². The summed E-state index contributed by atoms with van der Waals surface area (Å²) in [6.07, 6.45) is 0. The van der Waals surface area contributed by atoms with E-state index in [1.807, 2.05) is 18.2 Å². The first kappa shape index (κ1) is 14.7. The molecule has 0 unspecified atom stereocenters. The van der Waals surface area contributed by atoms with Crippen molar-refractivity contribution in [2.45, 2.75) is 20.4 Å². The second-order valence-electron chi connectivity index (χ2n) is 5.52. The first-order valence-corrected chi connectivity index (χ1v) is 6.99. The number of ether oxygens (including phenoxy) is 1. The number of rotatable bonds is 5. The van der Waals surface area contributed by atoms with Gasteiger partial charge in [-0.15, -0.1) is 0 Å². The van der Waals surface area contributed by atoms with Gasteiger partial charge in [0, 0.05) is 25.2 Å². The summed E-state index contributed by atoms with van der Waals surface area (Å²) >= 11 is 0. The molecule has 0 atom stereocenters. The highest BCUT2D eigenvalue weighted by Gasteiger charge is 2.18. The van der Waals surface area contributed by atoms with Gasteiger partial charge in [0.25, 0.3) is 0 Å². The Hall–Kier alpha value is -1.75. The van der Waals surface area contributed by atoms with Crippen LogP contribution in [0.4, 0.5) is 5.69 Å². The van der Waals surface area contributed by atoms with E-state index in [0.717, 1.165) is 36.6 Å². The number of carboxylic acids is 1. The third-order valence-electron chi connectivity index (χ3n) is 3.20. The summed E-state index contributed by atoms with van der Waals surface area (Å²) in [6.45, 7) is 7.72. The molecule has 0 spiro atoms. The molecule has 2 rings (SSSR count). The molecule has 1 aromatic carbocycles. The number of nitrogens with zero attached hydrogens (tertiary/aromatic N) is 1. The Bertz CT molecular complexity index is 474. The Morgan fingerprint density at radius 2 is 2.30 bits per heavy atom. The first-order chi connectivity index (χ1) is 9.56. The van der Waals surface area contributed by atoms with Crippen molar-refractivity contribution in [2.75, 3.05) is 31.6 Å². The number of anilines is 1. The van der Waals surface area contributed by atoms with E-state index in [0.29, 0.717) is 12.5 Å². The van der Waals surface area contributed by atoms with Gasteiger partial charge in [0.15, 0.2) is 0 Å². The van der Waals surface area contributed by atoms with Crippen molar-refractivity contribution in [3.63, 3.8) is 0 Å². The number of para-hydroxylation sites is 1. The van der Waals surface area contributed by atoms with Gasteiger partial charge in [-0.1, -0.05) is 26.0 Å². The van der Waals surface area contributed by atoms with Crippen LogP contribution in [0.25, 0.3) is 0 Å². The zero-order valence-electron chi connectivity index (χ0n) is 12.1. The van der Waals surface area contributed by atoms with Gasteiger partial charge in [0.1, 0.15) is 18.9 Å². The highest BCUT2D eigenvalue weighted by molar-refractivity contribution is 5.74. The average molecular weight is 278 g/mol. The molecule has 20 heavy (non-hydrogen) atoms. The fourth-order valence-electron chi connectivity index (χ4n) is 2.46. The van der Waals surface area contributed by atoms with E-state index in [2.05, 4.69) is 24.1 Å². The van der Waals surface area contributed by atoms with E-state index < -0.39 is 5.97 Å². The Labute approximate surface area is 119 Å². The number of benzene rings is 1. The van der Waals surface area contributed by atoms with Crippen molar-refractivity contribution < 1.29 is 14.6 Å². The van der Waals surface area contributed by atoms with Crippen LogP contribution in [0.2, 0.25) is 0 Å². The molecule has 0 saturated heterocycles. The van der Waals surface area contributed by atoms with Gasteiger partial charge in [-0.3, -0.25) is 9.69 Å². The standard InChI is InChI=1S/C15H22N2O3/c1-11(2)9-17-6-7-20-15-12(10-17)4-3-5-13(15)16-8-14(18)19/h3-5,11,16H,6-10H2,1-2H3,(H,18,19). The molecule has 1 aliphatic rings. The van der Waals surface area contributed by atoms with Crippen LogP contribution in [0.15, 0.2) is 18.2 Å². The van der Waals surface area contributed by atoms with Crippen LogP contribution >= 0.6 is 0 Å². The molecule has 0 bridgehead atoms. The number of aliphatic carboxylic acids is 1. The predicted molar refractivity (Wildman–Crippen MR) is 78.2 cm³/mol. The largest absolute Gasteiger partial charge is 0.490 e. The molecule has 5 nitrogen and oxygen atoms in total. The zero-order chi connectivity index (χ0) is 14.5. The lowest BCUT2D eigenvalue weighted by atomic mass is 10.1. The third-order valence-corrected chi connectivity index (χ3v) is 3.20. The Morgan fingerprint density at radius 3 is 3.00 bits per heavy atom. The van der Waals surface area contributed by atoms with Crippen molar-refractivity contribution in [1.29, 1.82) is 0 Å². The van der Waals surface area contributed by atoms with E-state index in [1.54, 1.807) is 0 Å². The molecule has 0 aromatic heterocycles. The summed E-state index contributed by atoms with van der Waals surface area (Å²) in [5.41, 5.74) is 1.87. The maximum absolute atomic E-state index is 10.7. The summed E-state index contributed by atoms with van der Waals surface area (Å²) in [5, 5.41) is 11.7. The molecule has 0 aliphatic carbocycles. The van der Waals surface area contributed by atoms with E-state index >= 15 is 0 Å². The molecule has 2 N–H and O–H groups in total. The predicted octanol–water partition coefficient (Wildman–Crippen LogP) is 2.03. The molecule has 0 radical (unpaired) electrons. The van der Waals surface area contributed by atoms with Gasteiger partial charge in [0.05, 0.1) is 5.69 Å². The van der Waals surface area contributed by atoms with E-state index in [9.17, 15) is 4.79 Å². The smallest absolute Gasteiger partial charge is 0.322 e. The molecule has 110 valence electrons. The Balaban J connectivity index is 2.15. The number of carbonyl (C=O) groups is 1. The normalized spacial score (nSPS) is 15.3. The second-order valence-corrected chi connectivity index (χ2v) is 5.52. The minimum atomic E-state index is -0.877. The lowest BCUT2D eigenvalue weighted by Crippen LogP contribution is -2.29. The Morgan fingerprint density at radius 1 is 1.50 bits per heavy atom. The monoisotopic (exact) mass is 278 g/mol. The topological polar surface area (TPSA) is 61.8 Å². The fraction of sp³-hybridized carbons (Fsp3) is 0.533. The average Bonchev–Trinajstić information content (AvgIpc) is 2.57. The van der Waals surface area contributed by atoms with Gasteiger partial charge in [0.2, 0.25) is 0 Å². The molecule has 5 heteroatoms. The summed E-state index contributed by atoms with van der Waals surface area (Å²) in [4.78, 5) is 13.0. The van der Waals surface area contributed by atoms with Crippen molar-refractivity contribution in [3.05, 3.63) is 23.8 Å². The summed E-state index contributed by atoms with van der Waals surface area (Å²) in [7, 11) is 0. The van der Waals surface area contributed by atoms with Crippen molar-refractivity contribution in [3.8, 4) is 5.75 Å². The van der Waals surface area contributed by atoms with Crippen molar-refractivity contribution >= 4 is 11.7 Å². The van der Waals surface area contributed by atoms with Crippen LogP contribution in [-0.2, 0) is 11.3 Å². The van der Waals surface area contributed by atoms with Gasteiger partial charge < -0.3 is 15.2 Å². The number of fused-ring (bicyclic) bond motifs is 1. The van der Waals surface area contributed by atoms with Gasteiger partial charge in [-0.25, -0.2) is 0 Å². The minimum absolute atomic E-state index is 0.102. The molecule has 0 saturated carbocycles. The van der Waals surface area contributed by atoms with Gasteiger partial charge >= 0.3 is 5.97 Å². The molecule has 0 fully saturated rings. The lowest BCUT2D eigenvalue weighted by Gasteiger charge is -2.21. The number of nitrogens with one attached hydrogen (secondary N) is 1. The van der Waals surface area contributed by atoms with Crippen LogP contribution in [0, 0.1) is 5.92 Å². The second kappa shape index (κ2) is 6.61.